The van der Waals surface area contributed by atoms with Gasteiger partial charge in [0.1, 0.15) is 6.54 Å². The number of para-hydroxylation sites is 1. The van der Waals surface area contributed by atoms with Crippen LogP contribution in [0.3, 0.4) is 0 Å². The molecule has 1 saturated heterocycles. The monoisotopic (exact) mass is 460 g/mol. The summed E-state index contributed by atoms with van der Waals surface area (Å²) < 4.78 is 4.56. The fraction of sp³-hybridized carbons (Fsp3) is 0.370. The van der Waals surface area contributed by atoms with E-state index >= 15 is 0 Å². The number of methoxy groups -OCH3 is 1. The molecule has 0 radical (unpaired) electrons. The van der Waals surface area contributed by atoms with Crippen molar-refractivity contribution in [2.75, 3.05) is 45.2 Å². The molecule has 34 heavy (non-hydrogen) atoms. The first-order valence-corrected chi connectivity index (χ1v) is 12.0. The second-order valence-electron chi connectivity index (χ2n) is 8.59. The van der Waals surface area contributed by atoms with Gasteiger partial charge in [-0.3, -0.25) is 9.59 Å². The van der Waals surface area contributed by atoms with Gasteiger partial charge in [0, 0.05) is 28.7 Å². The highest BCUT2D eigenvalue weighted by atomic mass is 16.5. The number of benzene rings is 2. The van der Waals surface area contributed by atoms with Crippen LogP contribution in [0.5, 0.6) is 0 Å². The van der Waals surface area contributed by atoms with Gasteiger partial charge < -0.3 is 20.3 Å². The average molecular weight is 461 g/mol. The van der Waals surface area contributed by atoms with Crippen molar-refractivity contribution in [2.45, 2.75) is 25.7 Å². The van der Waals surface area contributed by atoms with Crippen LogP contribution < -0.4 is 10.6 Å². The van der Waals surface area contributed by atoms with Crippen molar-refractivity contribution in [3.05, 3.63) is 60.2 Å². The van der Waals surface area contributed by atoms with Gasteiger partial charge in [-0.25, -0.2) is 4.98 Å². The lowest BCUT2D eigenvalue weighted by Gasteiger charge is -2.26. The first-order chi connectivity index (χ1) is 16.6. The van der Waals surface area contributed by atoms with Crippen molar-refractivity contribution < 1.29 is 14.3 Å². The van der Waals surface area contributed by atoms with Crippen molar-refractivity contribution in [1.82, 2.24) is 15.2 Å². The van der Waals surface area contributed by atoms with Crippen LogP contribution in [0.4, 0.5) is 5.69 Å². The van der Waals surface area contributed by atoms with Gasteiger partial charge in [-0.2, -0.15) is 0 Å². The van der Waals surface area contributed by atoms with Crippen LogP contribution in [-0.4, -0.2) is 61.6 Å². The number of hydrogen-bond acceptors (Lipinski definition) is 6. The van der Waals surface area contributed by atoms with E-state index in [4.69, 9.17) is 4.98 Å². The molecule has 2 N–H and O–H groups in total. The van der Waals surface area contributed by atoms with Crippen molar-refractivity contribution in [1.29, 1.82) is 0 Å². The number of amides is 1. The van der Waals surface area contributed by atoms with Crippen LogP contribution in [0.15, 0.2) is 54.6 Å². The molecule has 3 aromatic rings. The van der Waals surface area contributed by atoms with Gasteiger partial charge in [0.25, 0.3) is 5.91 Å². The summed E-state index contributed by atoms with van der Waals surface area (Å²) in [7, 11) is 1.29. The fourth-order valence-electron chi connectivity index (χ4n) is 4.30. The second kappa shape index (κ2) is 11.6. The molecule has 178 valence electrons. The maximum absolute atomic E-state index is 12.3. The predicted octanol–water partition coefficient (Wildman–Crippen LogP) is 4.09. The Kier molecular flexibility index (Phi) is 8.09. The normalized spacial score (nSPS) is 14.0. The van der Waals surface area contributed by atoms with Gasteiger partial charge in [-0.15, -0.1) is 0 Å². The summed E-state index contributed by atoms with van der Waals surface area (Å²) in [4.78, 5) is 30.9. The molecule has 2 aromatic carbocycles. The molecule has 1 aromatic heterocycles. The highest BCUT2D eigenvalue weighted by Crippen LogP contribution is 2.28. The topological polar surface area (TPSA) is 83.6 Å². The molecule has 1 amide bonds. The summed E-state index contributed by atoms with van der Waals surface area (Å²) >= 11 is 0. The Balaban J connectivity index is 1.45. The Hall–Kier alpha value is -3.45. The standard InChI is InChI=1S/C27H32N4O3/c1-34-26(32)19-29-27(33)21-12-10-20(11-13-21)24-18-25(22-8-3-4-9-23(22)30-24)28-14-7-17-31-15-5-2-6-16-31/h3-4,8-13,18H,2,5-7,14-17,19H2,1H3,(H,28,30)(H,29,33). The van der Waals surface area contributed by atoms with Gasteiger partial charge in [0.05, 0.1) is 18.3 Å². The minimum atomic E-state index is -0.485. The zero-order valence-corrected chi connectivity index (χ0v) is 19.7. The number of nitrogens with zero attached hydrogens (tertiary/aromatic N) is 2. The number of ether oxygens (including phenoxy) is 1. The maximum Gasteiger partial charge on any atom is 0.325 e. The van der Waals surface area contributed by atoms with Gasteiger partial charge in [0.2, 0.25) is 0 Å². The van der Waals surface area contributed by atoms with Crippen LogP contribution in [0.25, 0.3) is 22.2 Å². The third-order valence-electron chi connectivity index (χ3n) is 6.20. The lowest BCUT2D eigenvalue weighted by molar-refractivity contribution is -0.139. The Labute approximate surface area is 200 Å². The van der Waals surface area contributed by atoms with Crippen molar-refractivity contribution in [3.8, 4) is 11.3 Å². The third kappa shape index (κ3) is 6.11. The number of hydrogen-bond donors (Lipinski definition) is 2. The van der Waals surface area contributed by atoms with E-state index in [9.17, 15) is 9.59 Å². The van der Waals surface area contributed by atoms with E-state index in [2.05, 4.69) is 32.4 Å². The number of esters is 1. The Morgan fingerprint density at radius 3 is 2.56 bits per heavy atom. The van der Waals surface area contributed by atoms with Crippen molar-refractivity contribution in [2.24, 2.45) is 0 Å². The number of carbonyl (C=O) groups is 2. The lowest BCUT2D eigenvalue weighted by Crippen LogP contribution is -2.31. The molecular formula is C27H32N4O3. The molecule has 2 heterocycles. The SMILES string of the molecule is COC(=O)CNC(=O)c1ccc(-c2cc(NCCCN3CCCCC3)c3ccccc3n2)cc1. The lowest BCUT2D eigenvalue weighted by atomic mass is 10.1. The van der Waals surface area contributed by atoms with Crippen molar-refractivity contribution in [3.63, 3.8) is 0 Å². The molecule has 0 saturated carbocycles. The van der Waals surface area contributed by atoms with E-state index in [1.807, 2.05) is 30.3 Å². The summed E-state index contributed by atoms with van der Waals surface area (Å²) in [6.07, 6.45) is 5.09. The first kappa shape index (κ1) is 23.7. The summed E-state index contributed by atoms with van der Waals surface area (Å²) in [5.74, 6) is -0.805. The van der Waals surface area contributed by atoms with Crippen LogP contribution in [0, 0.1) is 0 Å². The summed E-state index contributed by atoms with van der Waals surface area (Å²) in [6.45, 7) is 4.32. The zero-order chi connectivity index (χ0) is 23.8. The molecule has 7 nitrogen and oxygen atoms in total. The molecule has 1 fully saturated rings. The van der Waals surface area contributed by atoms with E-state index in [0.29, 0.717) is 5.56 Å². The molecule has 0 spiro atoms. The predicted molar refractivity (Wildman–Crippen MR) is 135 cm³/mol. The smallest absolute Gasteiger partial charge is 0.325 e. The fourth-order valence-corrected chi connectivity index (χ4v) is 4.30. The number of carbonyl (C=O) groups excluding carboxylic acids is 2. The first-order valence-electron chi connectivity index (χ1n) is 12.0. The van der Waals surface area contributed by atoms with Gasteiger partial charge in [-0.05, 0) is 63.2 Å². The van der Waals surface area contributed by atoms with Gasteiger partial charge in [0.15, 0.2) is 0 Å². The van der Waals surface area contributed by atoms with Gasteiger partial charge >= 0.3 is 5.97 Å². The molecule has 1 aliphatic heterocycles. The maximum atomic E-state index is 12.3. The molecular weight excluding hydrogens is 428 g/mol. The number of fused-ring (bicyclic) bond motifs is 1. The number of aromatic nitrogens is 1. The minimum Gasteiger partial charge on any atom is -0.468 e. The minimum absolute atomic E-state index is 0.157. The number of piperidine rings is 1. The zero-order valence-electron chi connectivity index (χ0n) is 19.7. The van der Waals surface area contributed by atoms with Crippen LogP contribution in [-0.2, 0) is 9.53 Å². The van der Waals surface area contributed by atoms with Gasteiger partial charge in [-0.1, -0.05) is 36.8 Å². The van der Waals surface area contributed by atoms with Crippen LogP contribution in [0.2, 0.25) is 0 Å². The summed E-state index contributed by atoms with van der Waals surface area (Å²) in [5.41, 5.74) is 4.24. The highest BCUT2D eigenvalue weighted by molar-refractivity contribution is 5.97. The number of rotatable bonds is 9. The second-order valence-corrected chi connectivity index (χ2v) is 8.59. The van der Waals surface area contributed by atoms with E-state index in [1.165, 1.54) is 39.5 Å². The quantitative estimate of drug-likeness (QED) is 0.370. The molecule has 1 aliphatic rings. The number of nitrogens with one attached hydrogen (secondary N) is 2. The highest BCUT2D eigenvalue weighted by Gasteiger charge is 2.12. The molecule has 0 bridgehead atoms. The molecule has 0 aliphatic carbocycles. The molecule has 0 unspecified atom stereocenters. The average Bonchev–Trinajstić information content (AvgIpc) is 2.90. The Morgan fingerprint density at radius 1 is 1.03 bits per heavy atom. The van der Waals surface area contributed by atoms with E-state index in [1.54, 1.807) is 12.1 Å². The summed E-state index contributed by atoms with van der Waals surface area (Å²) in [6, 6.07) is 17.5. The van der Waals surface area contributed by atoms with Crippen molar-refractivity contribution >= 4 is 28.5 Å². The number of anilines is 1. The third-order valence-corrected chi connectivity index (χ3v) is 6.20. The molecule has 4 rings (SSSR count). The summed E-state index contributed by atoms with van der Waals surface area (Å²) in [5, 5.41) is 7.28. The van der Waals surface area contributed by atoms with Crippen LogP contribution in [0.1, 0.15) is 36.0 Å². The molecule has 0 atom stereocenters. The van der Waals surface area contributed by atoms with E-state index in [0.717, 1.165) is 47.4 Å². The van der Waals surface area contributed by atoms with E-state index < -0.39 is 5.97 Å². The van der Waals surface area contributed by atoms with E-state index in [-0.39, 0.29) is 12.5 Å². The molecule has 7 heteroatoms. The number of likely N-dealkylation sites (tertiary alicyclic amines) is 1. The largest absolute Gasteiger partial charge is 0.468 e. The van der Waals surface area contributed by atoms with Crippen LogP contribution >= 0.6 is 0 Å². The number of pyridine rings is 1. The Morgan fingerprint density at radius 2 is 1.79 bits per heavy atom. The Bertz CT molecular complexity index is 1120.